The molecule has 102 valence electrons. The molecule has 0 aromatic heterocycles. The zero-order valence-electron chi connectivity index (χ0n) is 11.1. The van der Waals surface area contributed by atoms with Crippen molar-refractivity contribution in [1.82, 2.24) is 0 Å². The van der Waals surface area contributed by atoms with Gasteiger partial charge in [0, 0.05) is 13.4 Å². The molecule has 4 unspecified atom stereocenters. The van der Waals surface area contributed by atoms with Crippen LogP contribution in [0.15, 0.2) is 0 Å². The van der Waals surface area contributed by atoms with Crippen LogP contribution in [0.4, 0.5) is 0 Å². The normalized spacial score (nSPS) is 31.8. The lowest BCUT2D eigenvalue weighted by atomic mass is 9.75. The van der Waals surface area contributed by atoms with Crippen molar-refractivity contribution in [1.29, 1.82) is 0 Å². The van der Waals surface area contributed by atoms with E-state index in [0.717, 1.165) is 12.8 Å². The Morgan fingerprint density at radius 3 is 2.47 bits per heavy atom. The molecule has 0 aromatic rings. The monoisotopic (exact) mass is 264 g/mol. The lowest BCUT2D eigenvalue weighted by Gasteiger charge is -2.41. The van der Waals surface area contributed by atoms with E-state index in [9.17, 15) is 13.5 Å². The smallest absolute Gasteiger partial charge is 0.150 e. The van der Waals surface area contributed by atoms with Gasteiger partial charge in [-0.1, -0.05) is 6.42 Å². The van der Waals surface area contributed by atoms with Crippen molar-refractivity contribution in [3.8, 4) is 0 Å². The summed E-state index contributed by atoms with van der Waals surface area (Å²) in [5, 5.41) is 10.2. The molecule has 0 aromatic carbocycles. The van der Waals surface area contributed by atoms with E-state index in [0.29, 0.717) is 12.8 Å². The molecule has 0 radical (unpaired) electrons. The average Bonchev–Trinajstić information content (AvgIpc) is 2.27. The summed E-state index contributed by atoms with van der Waals surface area (Å²) in [4.78, 5) is 0. The van der Waals surface area contributed by atoms with Crippen LogP contribution in [0.25, 0.3) is 0 Å². The number of rotatable bonds is 4. The Bertz CT molecular complexity index is 348. The summed E-state index contributed by atoms with van der Waals surface area (Å²) >= 11 is 0. The van der Waals surface area contributed by atoms with E-state index < -0.39 is 15.4 Å². The molecule has 5 heteroatoms. The predicted octanol–water partition coefficient (Wildman–Crippen LogP) is 1.38. The summed E-state index contributed by atoms with van der Waals surface area (Å²) in [6, 6.07) is 0. The number of methoxy groups -OCH3 is 1. The molecule has 1 rings (SSSR count). The van der Waals surface area contributed by atoms with Gasteiger partial charge in [-0.15, -0.1) is 0 Å². The highest BCUT2D eigenvalue weighted by Crippen LogP contribution is 2.37. The maximum atomic E-state index is 11.6. The van der Waals surface area contributed by atoms with Gasteiger partial charge in [-0.25, -0.2) is 8.42 Å². The Morgan fingerprint density at radius 2 is 2.00 bits per heavy atom. The van der Waals surface area contributed by atoms with E-state index in [-0.39, 0.29) is 17.3 Å². The van der Waals surface area contributed by atoms with Crippen LogP contribution in [-0.4, -0.2) is 43.8 Å². The van der Waals surface area contributed by atoms with Crippen LogP contribution in [0.3, 0.4) is 0 Å². The third kappa shape index (κ3) is 3.42. The predicted molar refractivity (Wildman–Crippen MR) is 67.7 cm³/mol. The Morgan fingerprint density at radius 1 is 1.41 bits per heavy atom. The van der Waals surface area contributed by atoms with Gasteiger partial charge in [-0.05, 0) is 39.0 Å². The van der Waals surface area contributed by atoms with Crippen molar-refractivity contribution in [2.24, 2.45) is 5.92 Å². The zero-order valence-corrected chi connectivity index (χ0v) is 12.0. The molecule has 4 nitrogen and oxygen atoms in total. The Balaban J connectivity index is 2.79. The highest BCUT2D eigenvalue weighted by Gasteiger charge is 2.42. The first-order valence-corrected chi connectivity index (χ1v) is 8.09. The molecule has 1 aliphatic rings. The SMILES string of the molecule is COC(C)C(C)(O)C1CCCC(S(C)(=O)=O)C1. The van der Waals surface area contributed by atoms with Gasteiger partial charge in [-0.3, -0.25) is 0 Å². The second-order valence-corrected chi connectivity index (χ2v) is 7.74. The van der Waals surface area contributed by atoms with Gasteiger partial charge in [0.2, 0.25) is 0 Å². The van der Waals surface area contributed by atoms with Gasteiger partial charge < -0.3 is 9.84 Å². The van der Waals surface area contributed by atoms with Gasteiger partial charge in [-0.2, -0.15) is 0 Å². The van der Waals surface area contributed by atoms with Gasteiger partial charge in [0.15, 0.2) is 0 Å². The standard InChI is InChI=1S/C12H24O4S/c1-9(16-3)12(2,13)10-6-5-7-11(8-10)17(4,14)15/h9-11,13H,5-8H2,1-4H3. The number of aliphatic hydroxyl groups is 1. The molecule has 4 atom stereocenters. The van der Waals surface area contributed by atoms with Crippen LogP contribution in [0, 0.1) is 5.92 Å². The first kappa shape index (κ1) is 14.9. The van der Waals surface area contributed by atoms with Gasteiger partial charge >= 0.3 is 0 Å². The van der Waals surface area contributed by atoms with Crippen LogP contribution >= 0.6 is 0 Å². The van der Waals surface area contributed by atoms with Crippen molar-refractivity contribution >= 4 is 9.84 Å². The molecule has 0 aliphatic heterocycles. The molecule has 1 saturated carbocycles. The molecule has 0 bridgehead atoms. The van der Waals surface area contributed by atoms with Gasteiger partial charge in [0.25, 0.3) is 0 Å². The minimum absolute atomic E-state index is 0.00840. The minimum atomic E-state index is -3.00. The fourth-order valence-electron chi connectivity index (χ4n) is 2.64. The molecule has 0 saturated heterocycles. The first-order chi connectivity index (χ1) is 7.69. The van der Waals surface area contributed by atoms with Gasteiger partial charge in [0.05, 0.1) is 17.0 Å². The van der Waals surface area contributed by atoms with E-state index in [1.54, 1.807) is 14.0 Å². The van der Waals surface area contributed by atoms with Crippen molar-refractivity contribution in [2.75, 3.05) is 13.4 Å². The molecular formula is C12H24O4S. The molecule has 0 amide bonds. The number of sulfone groups is 1. The van der Waals surface area contributed by atoms with Crippen LogP contribution in [0.1, 0.15) is 39.5 Å². The van der Waals surface area contributed by atoms with E-state index in [1.807, 2.05) is 6.92 Å². The summed E-state index contributed by atoms with van der Waals surface area (Å²) in [5.74, 6) is -0.00840. The Labute approximate surface area is 104 Å². The van der Waals surface area contributed by atoms with Crippen LogP contribution in [0.2, 0.25) is 0 Å². The van der Waals surface area contributed by atoms with Crippen molar-refractivity contribution in [3.05, 3.63) is 0 Å². The molecule has 0 heterocycles. The maximum Gasteiger partial charge on any atom is 0.150 e. The molecular weight excluding hydrogens is 240 g/mol. The summed E-state index contributed by atoms with van der Waals surface area (Å²) in [7, 11) is -1.44. The van der Waals surface area contributed by atoms with E-state index in [4.69, 9.17) is 4.74 Å². The lowest BCUT2D eigenvalue weighted by Crippen LogP contribution is -2.48. The third-order valence-electron chi connectivity index (χ3n) is 4.23. The Kier molecular flexibility index (Phi) is 4.60. The minimum Gasteiger partial charge on any atom is -0.387 e. The van der Waals surface area contributed by atoms with Crippen molar-refractivity contribution < 1.29 is 18.3 Å². The zero-order chi connectivity index (χ0) is 13.3. The van der Waals surface area contributed by atoms with Gasteiger partial charge in [0.1, 0.15) is 9.84 Å². The summed E-state index contributed by atoms with van der Waals surface area (Å²) < 4.78 is 28.4. The summed E-state index contributed by atoms with van der Waals surface area (Å²) in [6.07, 6.45) is 3.98. The quantitative estimate of drug-likeness (QED) is 0.833. The number of hydrogen-bond acceptors (Lipinski definition) is 4. The fourth-order valence-corrected chi connectivity index (χ4v) is 3.81. The average molecular weight is 264 g/mol. The lowest BCUT2D eigenvalue weighted by molar-refractivity contribution is -0.115. The van der Waals surface area contributed by atoms with Crippen molar-refractivity contribution in [3.63, 3.8) is 0 Å². The molecule has 1 fully saturated rings. The first-order valence-electron chi connectivity index (χ1n) is 6.13. The van der Waals surface area contributed by atoms with E-state index in [2.05, 4.69) is 0 Å². The molecule has 1 aliphatic carbocycles. The van der Waals surface area contributed by atoms with E-state index >= 15 is 0 Å². The second-order valence-electron chi connectivity index (χ2n) is 5.42. The van der Waals surface area contributed by atoms with E-state index in [1.165, 1.54) is 6.26 Å². The number of hydrogen-bond donors (Lipinski definition) is 1. The van der Waals surface area contributed by atoms with Crippen LogP contribution < -0.4 is 0 Å². The Hall–Kier alpha value is -0.130. The van der Waals surface area contributed by atoms with Crippen LogP contribution in [-0.2, 0) is 14.6 Å². The summed E-state index contributed by atoms with van der Waals surface area (Å²) in [5.41, 5.74) is -0.960. The van der Waals surface area contributed by atoms with Crippen LogP contribution in [0.5, 0.6) is 0 Å². The summed E-state index contributed by atoms with van der Waals surface area (Å²) in [6.45, 7) is 3.57. The molecule has 1 N–H and O–H groups in total. The third-order valence-corrected chi connectivity index (χ3v) is 5.87. The fraction of sp³-hybridized carbons (Fsp3) is 1.00. The highest BCUT2D eigenvalue weighted by atomic mass is 32.2. The topological polar surface area (TPSA) is 63.6 Å². The maximum absolute atomic E-state index is 11.6. The largest absolute Gasteiger partial charge is 0.387 e. The number of ether oxygens (including phenoxy) is 1. The molecule has 0 spiro atoms. The highest BCUT2D eigenvalue weighted by molar-refractivity contribution is 7.91. The van der Waals surface area contributed by atoms with Crippen molar-refractivity contribution in [2.45, 2.75) is 56.5 Å². The molecule has 17 heavy (non-hydrogen) atoms. The second kappa shape index (κ2) is 5.24.